The zero-order valence-corrected chi connectivity index (χ0v) is 17.5. The minimum Gasteiger partial charge on any atom is -0.354 e. The largest absolute Gasteiger partial charge is 0.354 e. The number of piperazine rings is 1. The van der Waals surface area contributed by atoms with Crippen LogP contribution in [-0.2, 0) is 13.1 Å². The summed E-state index contributed by atoms with van der Waals surface area (Å²) in [4.78, 5) is 16.0. The van der Waals surface area contributed by atoms with Gasteiger partial charge in [-0.2, -0.15) is 0 Å². The van der Waals surface area contributed by atoms with Crippen LogP contribution in [0.3, 0.4) is 0 Å². The number of likely N-dealkylation sites (N-methyl/N-ethyl adjacent to an activating group) is 1. The first-order valence-corrected chi connectivity index (χ1v) is 9.91. The first-order chi connectivity index (χ1) is 13.6. The summed E-state index contributed by atoms with van der Waals surface area (Å²) in [5.74, 6) is 1.97. The van der Waals surface area contributed by atoms with Crippen LogP contribution in [0.1, 0.15) is 16.7 Å². The summed E-state index contributed by atoms with van der Waals surface area (Å²) >= 11 is 0. The van der Waals surface area contributed by atoms with Gasteiger partial charge in [0, 0.05) is 65.1 Å². The Morgan fingerprint density at radius 3 is 2.54 bits per heavy atom. The predicted molar refractivity (Wildman–Crippen MR) is 117 cm³/mol. The van der Waals surface area contributed by atoms with Crippen molar-refractivity contribution in [3.63, 3.8) is 0 Å². The van der Waals surface area contributed by atoms with Crippen molar-refractivity contribution in [2.45, 2.75) is 20.0 Å². The normalized spacial score (nSPS) is 15.6. The molecule has 28 heavy (non-hydrogen) atoms. The molecule has 2 heterocycles. The molecule has 6 nitrogen and oxygen atoms in total. The third kappa shape index (κ3) is 5.23. The first kappa shape index (κ1) is 20.1. The lowest BCUT2D eigenvalue weighted by Crippen LogP contribution is -2.45. The van der Waals surface area contributed by atoms with Crippen LogP contribution in [0, 0.1) is 6.92 Å². The molecule has 1 fully saturated rings. The number of aromatic nitrogens is 1. The van der Waals surface area contributed by atoms with Gasteiger partial charge >= 0.3 is 0 Å². The van der Waals surface area contributed by atoms with Gasteiger partial charge in [-0.05, 0) is 25.6 Å². The van der Waals surface area contributed by atoms with Crippen molar-refractivity contribution in [1.82, 2.24) is 20.1 Å². The summed E-state index contributed by atoms with van der Waals surface area (Å²) in [5, 5.41) is 3.50. The Bertz CT molecular complexity index is 778. The topological polar surface area (TPSA) is 47.0 Å². The van der Waals surface area contributed by atoms with Crippen LogP contribution in [0.2, 0.25) is 0 Å². The average molecular weight is 381 g/mol. The third-order valence-corrected chi connectivity index (χ3v) is 5.22. The third-order valence-electron chi connectivity index (χ3n) is 5.22. The summed E-state index contributed by atoms with van der Waals surface area (Å²) in [6.07, 6.45) is 1.88. The molecular weight excluding hydrogens is 348 g/mol. The van der Waals surface area contributed by atoms with Gasteiger partial charge in [-0.25, -0.2) is 4.98 Å². The van der Waals surface area contributed by atoms with Crippen molar-refractivity contribution in [3.05, 3.63) is 59.3 Å². The van der Waals surface area contributed by atoms with Crippen molar-refractivity contribution >= 4 is 11.8 Å². The van der Waals surface area contributed by atoms with E-state index in [0.717, 1.165) is 44.5 Å². The Morgan fingerprint density at radius 1 is 1.14 bits per heavy atom. The number of hydrogen-bond acceptors (Lipinski definition) is 4. The fraction of sp³-hybridized carbons (Fsp3) is 0.455. The second-order valence-electron chi connectivity index (χ2n) is 7.52. The molecule has 0 atom stereocenters. The molecule has 1 aliphatic heterocycles. The highest BCUT2D eigenvalue weighted by Gasteiger charge is 2.18. The van der Waals surface area contributed by atoms with E-state index in [2.05, 4.69) is 81.3 Å². The van der Waals surface area contributed by atoms with E-state index in [0.29, 0.717) is 6.54 Å². The van der Waals surface area contributed by atoms with Crippen LogP contribution in [0.4, 0.5) is 5.82 Å². The van der Waals surface area contributed by atoms with Crippen LogP contribution in [0.25, 0.3) is 0 Å². The Labute approximate surface area is 168 Å². The standard InChI is InChI=1S/C22H32N6/c1-18-7-9-19(10-8-18)17-27(4)22(23-2)25-16-20-6-5-11-24-21(20)28-14-12-26(3)13-15-28/h5-11H,12-17H2,1-4H3,(H,23,25). The Kier molecular flexibility index (Phi) is 6.87. The Balaban J connectivity index is 1.63. The molecule has 0 radical (unpaired) electrons. The maximum Gasteiger partial charge on any atom is 0.193 e. The molecule has 0 bridgehead atoms. The van der Waals surface area contributed by atoms with E-state index in [1.165, 1.54) is 16.7 Å². The second kappa shape index (κ2) is 9.55. The number of pyridine rings is 1. The molecule has 0 aliphatic carbocycles. The SMILES string of the molecule is CN=C(NCc1cccnc1N1CCN(C)CC1)N(C)Cc1ccc(C)cc1. The van der Waals surface area contributed by atoms with Crippen LogP contribution < -0.4 is 10.2 Å². The molecule has 0 saturated carbocycles. The van der Waals surface area contributed by atoms with E-state index < -0.39 is 0 Å². The lowest BCUT2D eigenvalue weighted by Gasteiger charge is -2.34. The lowest BCUT2D eigenvalue weighted by atomic mass is 10.1. The molecule has 0 spiro atoms. The summed E-state index contributed by atoms with van der Waals surface area (Å²) in [7, 11) is 6.07. The number of nitrogens with zero attached hydrogens (tertiary/aromatic N) is 5. The molecule has 1 aliphatic rings. The monoisotopic (exact) mass is 380 g/mol. The molecule has 0 unspecified atom stereocenters. The van der Waals surface area contributed by atoms with Gasteiger partial charge < -0.3 is 20.0 Å². The van der Waals surface area contributed by atoms with E-state index in [1.807, 2.05) is 19.3 Å². The highest BCUT2D eigenvalue weighted by molar-refractivity contribution is 5.79. The molecular formula is C22H32N6. The summed E-state index contributed by atoms with van der Waals surface area (Å²) in [6.45, 7) is 7.82. The summed E-state index contributed by atoms with van der Waals surface area (Å²) in [6, 6.07) is 12.8. The van der Waals surface area contributed by atoms with Gasteiger partial charge in [-0.1, -0.05) is 35.9 Å². The number of aryl methyl sites for hydroxylation is 1. The van der Waals surface area contributed by atoms with E-state index in [-0.39, 0.29) is 0 Å². The average Bonchev–Trinajstić information content (AvgIpc) is 2.71. The van der Waals surface area contributed by atoms with Crippen molar-refractivity contribution < 1.29 is 0 Å². The number of anilines is 1. The molecule has 6 heteroatoms. The minimum atomic E-state index is 0.709. The fourth-order valence-electron chi connectivity index (χ4n) is 3.47. The smallest absolute Gasteiger partial charge is 0.193 e. The van der Waals surface area contributed by atoms with Gasteiger partial charge in [0.05, 0.1) is 0 Å². The van der Waals surface area contributed by atoms with Crippen LogP contribution in [0.5, 0.6) is 0 Å². The predicted octanol–water partition coefficient (Wildman–Crippen LogP) is 2.35. The van der Waals surface area contributed by atoms with Crippen molar-refractivity contribution in [2.75, 3.05) is 52.2 Å². The molecule has 3 rings (SSSR count). The van der Waals surface area contributed by atoms with Gasteiger partial charge in [0.2, 0.25) is 0 Å². The summed E-state index contributed by atoms with van der Waals surface area (Å²) < 4.78 is 0. The number of aliphatic imine (C=N–C) groups is 1. The molecule has 1 aromatic heterocycles. The Morgan fingerprint density at radius 2 is 1.86 bits per heavy atom. The van der Waals surface area contributed by atoms with E-state index in [1.54, 1.807) is 0 Å². The molecule has 1 saturated heterocycles. The van der Waals surface area contributed by atoms with Gasteiger partial charge in [0.25, 0.3) is 0 Å². The van der Waals surface area contributed by atoms with Gasteiger partial charge in [0.1, 0.15) is 5.82 Å². The zero-order valence-electron chi connectivity index (χ0n) is 17.5. The molecule has 150 valence electrons. The molecule has 0 amide bonds. The van der Waals surface area contributed by atoms with Crippen LogP contribution >= 0.6 is 0 Å². The molecule has 2 aromatic rings. The fourth-order valence-corrected chi connectivity index (χ4v) is 3.47. The zero-order chi connectivity index (χ0) is 19.9. The first-order valence-electron chi connectivity index (χ1n) is 9.91. The highest BCUT2D eigenvalue weighted by Crippen LogP contribution is 2.18. The van der Waals surface area contributed by atoms with Crippen LogP contribution in [0.15, 0.2) is 47.6 Å². The maximum absolute atomic E-state index is 4.67. The second-order valence-corrected chi connectivity index (χ2v) is 7.52. The van der Waals surface area contributed by atoms with Crippen molar-refractivity contribution in [1.29, 1.82) is 0 Å². The number of benzene rings is 1. The number of nitrogens with one attached hydrogen (secondary N) is 1. The van der Waals surface area contributed by atoms with Gasteiger partial charge in [-0.15, -0.1) is 0 Å². The number of rotatable bonds is 5. The quantitative estimate of drug-likeness (QED) is 0.637. The number of hydrogen-bond donors (Lipinski definition) is 1. The van der Waals surface area contributed by atoms with E-state index in [4.69, 9.17) is 0 Å². The molecule has 1 aromatic carbocycles. The van der Waals surface area contributed by atoms with Crippen LogP contribution in [-0.4, -0.2) is 68.1 Å². The van der Waals surface area contributed by atoms with Crippen molar-refractivity contribution in [3.8, 4) is 0 Å². The molecule has 1 N–H and O–H groups in total. The maximum atomic E-state index is 4.67. The Hall–Kier alpha value is -2.60. The van der Waals surface area contributed by atoms with E-state index in [9.17, 15) is 0 Å². The number of guanidine groups is 1. The lowest BCUT2D eigenvalue weighted by molar-refractivity contribution is 0.311. The van der Waals surface area contributed by atoms with E-state index >= 15 is 0 Å². The van der Waals surface area contributed by atoms with Gasteiger partial charge in [-0.3, -0.25) is 4.99 Å². The summed E-state index contributed by atoms with van der Waals surface area (Å²) in [5.41, 5.74) is 3.76. The highest BCUT2D eigenvalue weighted by atomic mass is 15.3. The minimum absolute atomic E-state index is 0.709. The van der Waals surface area contributed by atoms with Crippen molar-refractivity contribution in [2.24, 2.45) is 4.99 Å². The van der Waals surface area contributed by atoms with Gasteiger partial charge in [0.15, 0.2) is 5.96 Å².